The average molecular weight is 473 g/mol. The third-order valence-corrected chi connectivity index (χ3v) is 6.39. The van der Waals surface area contributed by atoms with Crippen molar-refractivity contribution in [2.75, 3.05) is 18.4 Å². The number of halogens is 1. The molecule has 0 radical (unpaired) electrons. The summed E-state index contributed by atoms with van der Waals surface area (Å²) in [6.45, 7) is 9.67. The van der Waals surface area contributed by atoms with Crippen LogP contribution in [0.1, 0.15) is 56.5 Å². The average Bonchev–Trinajstić information content (AvgIpc) is 3.62. The highest BCUT2D eigenvalue weighted by molar-refractivity contribution is 6.29. The van der Waals surface area contributed by atoms with Crippen molar-refractivity contribution in [3.05, 3.63) is 58.7 Å². The fourth-order valence-electron chi connectivity index (χ4n) is 3.89. The Labute approximate surface area is 202 Å². The van der Waals surface area contributed by atoms with Crippen LogP contribution < -0.4 is 16.0 Å². The first-order chi connectivity index (χ1) is 15.6. The highest BCUT2D eigenvalue weighted by atomic mass is 35.5. The van der Waals surface area contributed by atoms with Crippen molar-refractivity contribution in [2.24, 2.45) is 11.8 Å². The third-order valence-electron chi connectivity index (χ3n) is 6.19. The number of pyridine rings is 1. The van der Waals surface area contributed by atoms with Crippen LogP contribution in [-0.4, -0.2) is 46.8 Å². The molecule has 1 aromatic carbocycles. The second-order valence-electron chi connectivity index (χ2n) is 10.1. The van der Waals surface area contributed by atoms with Gasteiger partial charge in [0.05, 0.1) is 12.1 Å². The Balaban J connectivity index is 1.72. The molecule has 3 rings (SSSR count). The lowest BCUT2D eigenvalue weighted by atomic mass is 9.96. The first kappa shape index (κ1) is 25.5. The van der Waals surface area contributed by atoms with Crippen molar-refractivity contribution in [1.82, 2.24) is 15.6 Å². The Hall–Kier alpha value is -2.15. The predicted molar refractivity (Wildman–Crippen MR) is 135 cm³/mol. The number of rotatable bonds is 12. The number of β-amino-alcohol motifs (C(OH)–C–C–N with tert-alkyl or cyclic N) is 1. The number of aliphatic hydroxyl groups excluding tert-OH is 1. The molecule has 2 aromatic rings. The SMILES string of the molecule is CC(C)CNc1cc(C(=O)N[C@@H](Cc2ccccc2)[C@H](O)CNC(C)(C)C2CC2)cc(Cl)n1. The van der Waals surface area contributed by atoms with E-state index in [9.17, 15) is 9.90 Å². The molecule has 0 saturated heterocycles. The number of hydrogen-bond acceptors (Lipinski definition) is 5. The van der Waals surface area contributed by atoms with Gasteiger partial charge in [0.1, 0.15) is 11.0 Å². The first-order valence-corrected chi connectivity index (χ1v) is 12.2. The minimum atomic E-state index is -0.747. The van der Waals surface area contributed by atoms with E-state index in [0.29, 0.717) is 36.2 Å². The summed E-state index contributed by atoms with van der Waals surface area (Å²) in [5.41, 5.74) is 1.44. The van der Waals surface area contributed by atoms with Gasteiger partial charge in [-0.1, -0.05) is 55.8 Å². The van der Waals surface area contributed by atoms with Gasteiger partial charge in [-0.3, -0.25) is 4.79 Å². The Bertz CT molecular complexity index is 916. The van der Waals surface area contributed by atoms with Gasteiger partial charge >= 0.3 is 0 Å². The fraction of sp³-hybridized carbons (Fsp3) is 0.538. The molecule has 1 aromatic heterocycles. The first-order valence-electron chi connectivity index (χ1n) is 11.8. The highest BCUT2D eigenvalue weighted by Gasteiger charge is 2.38. The molecule has 7 heteroatoms. The van der Waals surface area contributed by atoms with E-state index in [1.807, 2.05) is 30.3 Å². The van der Waals surface area contributed by atoms with E-state index in [0.717, 1.165) is 12.1 Å². The third kappa shape index (κ3) is 7.98. The van der Waals surface area contributed by atoms with E-state index < -0.39 is 12.1 Å². The van der Waals surface area contributed by atoms with Gasteiger partial charge in [-0.2, -0.15) is 0 Å². The van der Waals surface area contributed by atoms with E-state index >= 15 is 0 Å². The van der Waals surface area contributed by atoms with Crippen LogP contribution in [0.2, 0.25) is 5.15 Å². The van der Waals surface area contributed by atoms with Crippen LogP contribution in [0.25, 0.3) is 0 Å². The molecule has 180 valence electrons. The van der Waals surface area contributed by atoms with Gasteiger partial charge in [-0.05, 0) is 62.6 Å². The van der Waals surface area contributed by atoms with Crippen LogP contribution >= 0.6 is 11.6 Å². The molecule has 1 amide bonds. The number of nitrogens with zero attached hydrogens (tertiary/aromatic N) is 1. The van der Waals surface area contributed by atoms with E-state index in [-0.39, 0.29) is 16.6 Å². The van der Waals surface area contributed by atoms with Crippen molar-refractivity contribution >= 4 is 23.3 Å². The largest absolute Gasteiger partial charge is 0.390 e. The zero-order valence-corrected chi connectivity index (χ0v) is 20.8. The topological polar surface area (TPSA) is 86.3 Å². The van der Waals surface area contributed by atoms with Gasteiger partial charge in [0, 0.05) is 24.2 Å². The van der Waals surface area contributed by atoms with E-state index in [1.165, 1.54) is 12.8 Å². The number of benzene rings is 1. The molecule has 1 saturated carbocycles. The molecule has 1 aliphatic carbocycles. The molecule has 2 atom stereocenters. The molecule has 1 aliphatic rings. The minimum Gasteiger partial charge on any atom is -0.390 e. The molecule has 0 bridgehead atoms. The molecule has 0 spiro atoms. The molecule has 1 fully saturated rings. The van der Waals surface area contributed by atoms with Crippen LogP contribution in [0.5, 0.6) is 0 Å². The van der Waals surface area contributed by atoms with Gasteiger partial charge in [-0.15, -0.1) is 0 Å². The van der Waals surface area contributed by atoms with Gasteiger partial charge in [0.2, 0.25) is 0 Å². The van der Waals surface area contributed by atoms with Crippen LogP contribution in [0.3, 0.4) is 0 Å². The Morgan fingerprint density at radius 2 is 1.88 bits per heavy atom. The summed E-state index contributed by atoms with van der Waals surface area (Å²) in [7, 11) is 0. The zero-order chi connectivity index (χ0) is 24.0. The van der Waals surface area contributed by atoms with Gasteiger partial charge in [-0.25, -0.2) is 4.98 Å². The van der Waals surface area contributed by atoms with Gasteiger partial charge < -0.3 is 21.1 Å². The monoisotopic (exact) mass is 472 g/mol. The zero-order valence-electron chi connectivity index (χ0n) is 20.1. The van der Waals surface area contributed by atoms with E-state index in [4.69, 9.17) is 11.6 Å². The standard InChI is InChI=1S/C26H37ClN4O2/c1-17(2)15-28-24-14-19(13-23(27)31-24)25(33)30-21(12-18-8-6-5-7-9-18)22(32)16-29-26(3,4)20-10-11-20/h5-9,13-14,17,20-22,29,32H,10-12,15-16H2,1-4H3,(H,28,31)(H,30,33)/t21-,22+/m0/s1. The van der Waals surface area contributed by atoms with Gasteiger partial charge in [0.15, 0.2) is 0 Å². The number of amides is 1. The van der Waals surface area contributed by atoms with E-state index in [2.05, 4.69) is 48.6 Å². The number of anilines is 1. The molecule has 4 N–H and O–H groups in total. The van der Waals surface area contributed by atoms with Crippen molar-refractivity contribution in [2.45, 2.75) is 64.6 Å². The lowest BCUT2D eigenvalue weighted by Gasteiger charge is -2.31. The second-order valence-corrected chi connectivity index (χ2v) is 10.4. The van der Waals surface area contributed by atoms with Gasteiger partial charge in [0.25, 0.3) is 5.91 Å². The number of hydrogen-bond donors (Lipinski definition) is 4. The minimum absolute atomic E-state index is 0.0299. The van der Waals surface area contributed by atoms with Crippen molar-refractivity contribution < 1.29 is 9.90 Å². The normalized spacial score (nSPS) is 15.8. The maximum atomic E-state index is 13.2. The Kier molecular flexibility index (Phi) is 8.74. The van der Waals surface area contributed by atoms with Crippen LogP contribution in [0.4, 0.5) is 5.82 Å². The van der Waals surface area contributed by atoms with Crippen LogP contribution in [0.15, 0.2) is 42.5 Å². The number of carbonyl (C=O) groups is 1. The van der Waals surface area contributed by atoms with Crippen molar-refractivity contribution in [3.63, 3.8) is 0 Å². The number of aliphatic hydroxyl groups is 1. The summed E-state index contributed by atoms with van der Waals surface area (Å²) in [6.07, 6.45) is 2.21. The lowest BCUT2D eigenvalue weighted by molar-refractivity contribution is 0.0809. The lowest BCUT2D eigenvalue weighted by Crippen LogP contribution is -2.52. The summed E-state index contributed by atoms with van der Waals surface area (Å²) in [6, 6.07) is 12.7. The molecule has 33 heavy (non-hydrogen) atoms. The number of carbonyl (C=O) groups excluding carboxylic acids is 1. The smallest absolute Gasteiger partial charge is 0.251 e. The quantitative estimate of drug-likeness (QED) is 0.346. The molecule has 6 nitrogen and oxygen atoms in total. The summed E-state index contributed by atoms with van der Waals surface area (Å²) in [5.74, 6) is 1.35. The maximum Gasteiger partial charge on any atom is 0.251 e. The molecular weight excluding hydrogens is 436 g/mol. The molecule has 0 unspecified atom stereocenters. The number of nitrogens with one attached hydrogen (secondary N) is 3. The second kappa shape index (κ2) is 11.3. The molecule has 1 heterocycles. The number of aromatic nitrogens is 1. The molecule has 0 aliphatic heterocycles. The van der Waals surface area contributed by atoms with Crippen molar-refractivity contribution in [3.8, 4) is 0 Å². The summed E-state index contributed by atoms with van der Waals surface area (Å²) < 4.78 is 0. The Morgan fingerprint density at radius 1 is 1.18 bits per heavy atom. The van der Waals surface area contributed by atoms with E-state index in [1.54, 1.807) is 12.1 Å². The summed E-state index contributed by atoms with van der Waals surface area (Å²) in [4.78, 5) is 17.4. The predicted octanol–water partition coefficient (Wildman–Crippen LogP) is 4.28. The summed E-state index contributed by atoms with van der Waals surface area (Å²) >= 11 is 6.18. The summed E-state index contributed by atoms with van der Waals surface area (Å²) in [5, 5.41) is 21.1. The Morgan fingerprint density at radius 3 is 2.52 bits per heavy atom. The van der Waals surface area contributed by atoms with Crippen LogP contribution in [0, 0.1) is 11.8 Å². The molecular formula is C26H37ClN4O2. The maximum absolute atomic E-state index is 13.2. The van der Waals surface area contributed by atoms with Crippen molar-refractivity contribution in [1.29, 1.82) is 0 Å². The fourth-order valence-corrected chi connectivity index (χ4v) is 4.10. The highest BCUT2D eigenvalue weighted by Crippen LogP contribution is 2.39. The van der Waals surface area contributed by atoms with Crippen LogP contribution in [-0.2, 0) is 6.42 Å².